The van der Waals surface area contributed by atoms with Gasteiger partial charge in [0.25, 0.3) is 0 Å². The minimum Gasteiger partial charge on any atom is -0.497 e. The molecule has 1 saturated heterocycles. The SMILES string of the molecule is COc1ccc(S(=O)(=O)N2CCOC(c3cc4ccccc4cn3)C2)cc1. The Bertz CT molecular complexity index is 1050. The maximum Gasteiger partial charge on any atom is 0.243 e. The van der Waals surface area contributed by atoms with Crippen LogP contribution in [-0.2, 0) is 14.8 Å². The molecule has 2 heterocycles. The number of rotatable bonds is 4. The number of aromatic nitrogens is 1. The molecule has 0 bridgehead atoms. The largest absolute Gasteiger partial charge is 0.497 e. The third-order valence-corrected chi connectivity index (χ3v) is 6.59. The Hall–Kier alpha value is -2.48. The molecule has 1 unspecified atom stereocenters. The van der Waals surface area contributed by atoms with Gasteiger partial charge in [0.2, 0.25) is 10.0 Å². The minimum atomic E-state index is -3.60. The van der Waals surface area contributed by atoms with Gasteiger partial charge < -0.3 is 9.47 Å². The monoisotopic (exact) mass is 384 g/mol. The molecule has 1 aliphatic heterocycles. The summed E-state index contributed by atoms with van der Waals surface area (Å²) in [7, 11) is -2.05. The van der Waals surface area contributed by atoms with Crippen molar-refractivity contribution < 1.29 is 17.9 Å². The van der Waals surface area contributed by atoms with E-state index in [2.05, 4.69) is 4.98 Å². The zero-order chi connectivity index (χ0) is 18.9. The molecular formula is C20H20N2O4S. The first-order valence-corrected chi connectivity index (χ1v) is 10.1. The number of nitrogens with zero attached hydrogens (tertiary/aromatic N) is 2. The van der Waals surface area contributed by atoms with Gasteiger partial charge in [0.15, 0.2) is 0 Å². The molecule has 1 aliphatic rings. The Kier molecular flexibility index (Phi) is 4.82. The number of fused-ring (bicyclic) bond motifs is 1. The Morgan fingerprint density at radius 2 is 1.85 bits per heavy atom. The zero-order valence-electron chi connectivity index (χ0n) is 14.9. The van der Waals surface area contributed by atoms with Crippen molar-refractivity contribution in [2.75, 3.05) is 26.8 Å². The van der Waals surface area contributed by atoms with Crippen LogP contribution in [0.4, 0.5) is 0 Å². The first kappa shape index (κ1) is 17.9. The van der Waals surface area contributed by atoms with Crippen LogP contribution in [0.1, 0.15) is 11.8 Å². The Morgan fingerprint density at radius 3 is 2.59 bits per heavy atom. The molecule has 0 amide bonds. The normalized spacial score (nSPS) is 18.5. The standard InChI is InChI=1S/C20H20N2O4S/c1-25-17-6-8-18(9-7-17)27(23,24)22-10-11-26-20(14-22)19-12-15-4-2-3-5-16(15)13-21-19/h2-9,12-13,20H,10-11,14H2,1H3. The number of morpholine rings is 1. The smallest absolute Gasteiger partial charge is 0.243 e. The summed E-state index contributed by atoms with van der Waals surface area (Å²) in [6.07, 6.45) is 1.40. The Morgan fingerprint density at radius 1 is 1.11 bits per heavy atom. The Balaban J connectivity index is 1.59. The summed E-state index contributed by atoms with van der Waals surface area (Å²) >= 11 is 0. The highest BCUT2D eigenvalue weighted by Crippen LogP contribution is 2.27. The van der Waals surface area contributed by atoms with Gasteiger partial charge in [0.1, 0.15) is 11.9 Å². The summed E-state index contributed by atoms with van der Waals surface area (Å²) in [4.78, 5) is 4.73. The molecule has 6 nitrogen and oxygen atoms in total. The van der Waals surface area contributed by atoms with Crippen molar-refractivity contribution in [2.24, 2.45) is 0 Å². The maximum absolute atomic E-state index is 13.0. The predicted octanol–water partition coefficient (Wildman–Crippen LogP) is 3.01. The molecule has 0 spiro atoms. The molecule has 0 aliphatic carbocycles. The van der Waals surface area contributed by atoms with Crippen molar-refractivity contribution in [3.05, 3.63) is 66.5 Å². The lowest BCUT2D eigenvalue weighted by atomic mass is 10.1. The summed E-state index contributed by atoms with van der Waals surface area (Å²) < 4.78 is 38.4. The van der Waals surface area contributed by atoms with Gasteiger partial charge in [-0.1, -0.05) is 24.3 Å². The maximum atomic E-state index is 13.0. The average molecular weight is 384 g/mol. The van der Waals surface area contributed by atoms with Gasteiger partial charge in [0, 0.05) is 24.7 Å². The number of hydrogen-bond acceptors (Lipinski definition) is 5. The molecular weight excluding hydrogens is 364 g/mol. The average Bonchev–Trinajstić information content (AvgIpc) is 2.73. The van der Waals surface area contributed by atoms with Crippen molar-refractivity contribution in [2.45, 2.75) is 11.0 Å². The van der Waals surface area contributed by atoms with Crippen LogP contribution in [0, 0.1) is 0 Å². The van der Waals surface area contributed by atoms with E-state index in [9.17, 15) is 8.42 Å². The number of methoxy groups -OCH3 is 1. The van der Waals surface area contributed by atoms with Gasteiger partial charge in [-0.25, -0.2) is 8.42 Å². The molecule has 1 atom stereocenters. The second-order valence-electron chi connectivity index (χ2n) is 6.35. The highest BCUT2D eigenvalue weighted by atomic mass is 32.2. The van der Waals surface area contributed by atoms with Crippen LogP contribution < -0.4 is 4.74 Å². The zero-order valence-corrected chi connectivity index (χ0v) is 15.7. The van der Waals surface area contributed by atoms with Crippen LogP contribution in [0.2, 0.25) is 0 Å². The molecule has 0 N–H and O–H groups in total. The first-order valence-electron chi connectivity index (χ1n) is 8.68. The van der Waals surface area contributed by atoms with E-state index in [1.54, 1.807) is 37.6 Å². The third kappa shape index (κ3) is 3.53. The second kappa shape index (κ2) is 7.26. The lowest BCUT2D eigenvalue weighted by Crippen LogP contribution is -2.42. The molecule has 140 valence electrons. The van der Waals surface area contributed by atoms with Gasteiger partial charge >= 0.3 is 0 Å². The quantitative estimate of drug-likeness (QED) is 0.692. The van der Waals surface area contributed by atoms with E-state index in [1.165, 1.54) is 4.31 Å². The van der Waals surface area contributed by atoms with Crippen LogP contribution >= 0.6 is 0 Å². The molecule has 0 radical (unpaired) electrons. The van der Waals surface area contributed by atoms with Crippen molar-refractivity contribution >= 4 is 20.8 Å². The van der Waals surface area contributed by atoms with Gasteiger partial charge in [0.05, 0.1) is 24.3 Å². The van der Waals surface area contributed by atoms with E-state index in [1.807, 2.05) is 30.3 Å². The number of ether oxygens (including phenoxy) is 2. The van der Waals surface area contributed by atoms with Crippen molar-refractivity contribution in [3.63, 3.8) is 0 Å². The molecule has 0 saturated carbocycles. The number of sulfonamides is 1. The van der Waals surface area contributed by atoms with Gasteiger partial charge in [-0.05, 0) is 35.7 Å². The number of benzene rings is 2. The summed E-state index contributed by atoms with van der Waals surface area (Å²) in [6, 6.07) is 16.3. The first-order chi connectivity index (χ1) is 13.1. The van der Waals surface area contributed by atoms with Gasteiger partial charge in [-0.3, -0.25) is 4.98 Å². The molecule has 2 aromatic carbocycles. The molecule has 1 fully saturated rings. The number of pyridine rings is 1. The fourth-order valence-corrected chi connectivity index (χ4v) is 4.62. The minimum absolute atomic E-state index is 0.236. The van der Waals surface area contributed by atoms with Crippen LogP contribution in [-0.4, -0.2) is 44.5 Å². The van der Waals surface area contributed by atoms with E-state index in [0.29, 0.717) is 18.9 Å². The lowest BCUT2D eigenvalue weighted by molar-refractivity contribution is -0.00484. The highest BCUT2D eigenvalue weighted by molar-refractivity contribution is 7.89. The van der Waals surface area contributed by atoms with Crippen molar-refractivity contribution in [3.8, 4) is 5.75 Å². The summed E-state index contributed by atoms with van der Waals surface area (Å²) in [5.74, 6) is 0.620. The fourth-order valence-electron chi connectivity index (χ4n) is 3.20. The lowest BCUT2D eigenvalue weighted by Gasteiger charge is -2.32. The summed E-state index contributed by atoms with van der Waals surface area (Å²) in [5.41, 5.74) is 0.739. The number of hydrogen-bond donors (Lipinski definition) is 0. The van der Waals surface area contributed by atoms with E-state index >= 15 is 0 Å². The molecule has 1 aromatic heterocycles. The summed E-state index contributed by atoms with van der Waals surface area (Å²) in [5, 5.41) is 2.10. The topological polar surface area (TPSA) is 68.7 Å². The van der Waals surface area contributed by atoms with Crippen LogP contribution in [0.15, 0.2) is 65.7 Å². The van der Waals surface area contributed by atoms with E-state index in [0.717, 1.165) is 16.5 Å². The Labute approximate surface area is 158 Å². The summed E-state index contributed by atoms with van der Waals surface area (Å²) in [6.45, 7) is 0.882. The van der Waals surface area contributed by atoms with E-state index < -0.39 is 16.1 Å². The molecule has 3 aromatic rings. The molecule has 27 heavy (non-hydrogen) atoms. The predicted molar refractivity (Wildman–Crippen MR) is 102 cm³/mol. The van der Waals surface area contributed by atoms with E-state index in [4.69, 9.17) is 9.47 Å². The van der Waals surface area contributed by atoms with Gasteiger partial charge in [-0.15, -0.1) is 0 Å². The van der Waals surface area contributed by atoms with Gasteiger partial charge in [-0.2, -0.15) is 4.31 Å². The second-order valence-corrected chi connectivity index (χ2v) is 8.29. The fraction of sp³-hybridized carbons (Fsp3) is 0.250. The van der Waals surface area contributed by atoms with Crippen LogP contribution in [0.3, 0.4) is 0 Å². The third-order valence-electron chi connectivity index (χ3n) is 4.71. The van der Waals surface area contributed by atoms with Crippen LogP contribution in [0.25, 0.3) is 10.8 Å². The highest BCUT2D eigenvalue weighted by Gasteiger charge is 2.32. The molecule has 4 rings (SSSR count). The molecule has 7 heteroatoms. The van der Waals surface area contributed by atoms with Crippen molar-refractivity contribution in [1.82, 2.24) is 9.29 Å². The van der Waals surface area contributed by atoms with E-state index in [-0.39, 0.29) is 11.4 Å². The van der Waals surface area contributed by atoms with Crippen molar-refractivity contribution in [1.29, 1.82) is 0 Å². The van der Waals surface area contributed by atoms with Crippen LogP contribution in [0.5, 0.6) is 5.75 Å².